The Morgan fingerprint density at radius 1 is 1.23 bits per heavy atom. The van der Waals surface area contributed by atoms with Crippen molar-refractivity contribution < 1.29 is 13.9 Å². The number of rotatable bonds is 3. The average Bonchev–Trinajstić information content (AvgIpc) is 2.55. The molecule has 0 spiro atoms. The lowest BCUT2D eigenvalue weighted by molar-refractivity contribution is -0.135. The van der Waals surface area contributed by atoms with E-state index < -0.39 is 0 Å². The van der Waals surface area contributed by atoms with E-state index in [0.29, 0.717) is 12.3 Å². The molecule has 0 saturated heterocycles. The molecule has 1 atom stereocenters. The maximum Gasteiger partial charge on any atom is 0.261 e. The third-order valence-corrected chi connectivity index (χ3v) is 4.09. The second kappa shape index (κ2) is 6.18. The molecule has 0 bridgehead atoms. The van der Waals surface area contributed by atoms with Gasteiger partial charge in [-0.2, -0.15) is 0 Å². The maximum absolute atomic E-state index is 12.8. The minimum atomic E-state index is -0.320. The van der Waals surface area contributed by atoms with E-state index in [0.717, 1.165) is 6.42 Å². The molecule has 2 aromatic rings. The first-order valence-corrected chi connectivity index (χ1v) is 7.41. The summed E-state index contributed by atoms with van der Waals surface area (Å²) < 4.78 is 18.3. The van der Waals surface area contributed by atoms with Crippen molar-refractivity contribution in [2.75, 3.05) is 13.2 Å². The van der Waals surface area contributed by atoms with Crippen LogP contribution >= 0.6 is 0 Å². The number of benzene rings is 2. The van der Waals surface area contributed by atoms with E-state index in [4.69, 9.17) is 4.74 Å². The van der Waals surface area contributed by atoms with Crippen molar-refractivity contribution in [1.29, 1.82) is 0 Å². The Labute approximate surface area is 129 Å². The molecule has 0 aliphatic carbocycles. The lowest BCUT2D eigenvalue weighted by Gasteiger charge is -2.35. The average molecular weight is 299 g/mol. The molecular weight excluding hydrogens is 281 g/mol. The van der Waals surface area contributed by atoms with E-state index in [9.17, 15) is 9.18 Å². The van der Waals surface area contributed by atoms with Crippen LogP contribution in [-0.2, 0) is 11.2 Å². The number of fused-ring (bicyclic) bond motifs is 1. The van der Waals surface area contributed by atoms with Gasteiger partial charge in [-0.1, -0.05) is 24.3 Å². The Morgan fingerprint density at radius 2 is 1.95 bits per heavy atom. The zero-order chi connectivity index (χ0) is 15.5. The number of carbonyl (C=O) groups excluding carboxylic acids is 1. The standard InChI is InChI=1S/C18H18FNO2/c1-13-17-5-3-2-4-14(17)10-11-20(13)18(21)12-22-16-8-6-15(19)7-9-16/h2-9,13H,10-12H2,1H3. The molecule has 1 unspecified atom stereocenters. The van der Waals surface area contributed by atoms with Crippen LogP contribution in [0.15, 0.2) is 48.5 Å². The van der Waals surface area contributed by atoms with Crippen molar-refractivity contribution in [3.8, 4) is 5.75 Å². The lowest BCUT2D eigenvalue weighted by atomic mass is 9.93. The Bertz CT molecular complexity index is 669. The van der Waals surface area contributed by atoms with Gasteiger partial charge in [-0.15, -0.1) is 0 Å². The first-order chi connectivity index (χ1) is 10.6. The zero-order valence-corrected chi connectivity index (χ0v) is 12.5. The van der Waals surface area contributed by atoms with E-state index in [-0.39, 0.29) is 24.4 Å². The minimum absolute atomic E-state index is 0.0296. The van der Waals surface area contributed by atoms with Crippen molar-refractivity contribution in [3.05, 3.63) is 65.5 Å². The first-order valence-electron chi connectivity index (χ1n) is 7.41. The van der Waals surface area contributed by atoms with Gasteiger partial charge in [0.25, 0.3) is 5.91 Å². The van der Waals surface area contributed by atoms with Crippen LogP contribution in [0.4, 0.5) is 4.39 Å². The Morgan fingerprint density at radius 3 is 2.73 bits per heavy atom. The molecule has 0 N–H and O–H groups in total. The Hall–Kier alpha value is -2.36. The highest BCUT2D eigenvalue weighted by molar-refractivity contribution is 5.78. The summed E-state index contributed by atoms with van der Waals surface area (Å²) in [4.78, 5) is 14.2. The van der Waals surface area contributed by atoms with Crippen LogP contribution in [0.1, 0.15) is 24.1 Å². The van der Waals surface area contributed by atoms with Crippen LogP contribution in [0.3, 0.4) is 0 Å². The highest BCUT2D eigenvalue weighted by Crippen LogP contribution is 2.29. The van der Waals surface area contributed by atoms with Crippen LogP contribution in [-0.4, -0.2) is 24.0 Å². The summed E-state index contributed by atoms with van der Waals surface area (Å²) in [5.74, 6) is 0.131. The Balaban J connectivity index is 1.64. The summed E-state index contributed by atoms with van der Waals surface area (Å²) in [6.45, 7) is 2.70. The maximum atomic E-state index is 12.8. The number of nitrogens with zero attached hydrogens (tertiary/aromatic N) is 1. The third kappa shape index (κ3) is 2.96. The number of halogens is 1. The summed E-state index contributed by atoms with van der Waals surface area (Å²) in [5.41, 5.74) is 2.50. The molecule has 0 fully saturated rings. The molecule has 114 valence electrons. The van der Waals surface area contributed by atoms with Crippen molar-refractivity contribution in [3.63, 3.8) is 0 Å². The highest BCUT2D eigenvalue weighted by Gasteiger charge is 2.27. The van der Waals surface area contributed by atoms with Crippen LogP contribution < -0.4 is 4.74 Å². The van der Waals surface area contributed by atoms with Gasteiger partial charge in [0, 0.05) is 6.54 Å². The first kappa shape index (κ1) is 14.6. The second-order valence-electron chi connectivity index (χ2n) is 5.45. The van der Waals surface area contributed by atoms with E-state index in [2.05, 4.69) is 12.1 Å². The van der Waals surface area contributed by atoms with Crippen LogP contribution in [0.2, 0.25) is 0 Å². The van der Waals surface area contributed by atoms with Gasteiger partial charge < -0.3 is 9.64 Å². The largest absolute Gasteiger partial charge is 0.484 e. The quantitative estimate of drug-likeness (QED) is 0.870. The van der Waals surface area contributed by atoms with Gasteiger partial charge in [0.1, 0.15) is 11.6 Å². The summed E-state index contributed by atoms with van der Waals surface area (Å²) in [6, 6.07) is 13.9. The highest BCUT2D eigenvalue weighted by atomic mass is 19.1. The number of carbonyl (C=O) groups is 1. The topological polar surface area (TPSA) is 29.5 Å². The van der Waals surface area contributed by atoms with Crippen LogP contribution in [0, 0.1) is 5.82 Å². The van der Waals surface area contributed by atoms with Gasteiger partial charge in [0.05, 0.1) is 6.04 Å². The van der Waals surface area contributed by atoms with Gasteiger partial charge in [-0.05, 0) is 48.7 Å². The molecule has 2 aromatic carbocycles. The molecule has 1 amide bonds. The molecule has 4 heteroatoms. The molecule has 1 aliphatic heterocycles. The fraction of sp³-hybridized carbons (Fsp3) is 0.278. The summed E-state index contributed by atoms with van der Waals surface area (Å²) in [7, 11) is 0. The summed E-state index contributed by atoms with van der Waals surface area (Å²) >= 11 is 0. The number of ether oxygens (including phenoxy) is 1. The van der Waals surface area contributed by atoms with Crippen molar-refractivity contribution in [1.82, 2.24) is 4.90 Å². The molecule has 3 nitrogen and oxygen atoms in total. The molecular formula is C18H18FNO2. The van der Waals surface area contributed by atoms with Gasteiger partial charge in [-0.25, -0.2) is 4.39 Å². The smallest absolute Gasteiger partial charge is 0.261 e. The predicted octanol–water partition coefficient (Wildman–Crippen LogP) is 3.35. The summed E-state index contributed by atoms with van der Waals surface area (Å²) in [5, 5.41) is 0. The van der Waals surface area contributed by atoms with Gasteiger partial charge >= 0.3 is 0 Å². The van der Waals surface area contributed by atoms with Gasteiger partial charge in [0.15, 0.2) is 6.61 Å². The molecule has 3 rings (SSSR count). The SMILES string of the molecule is CC1c2ccccc2CCN1C(=O)COc1ccc(F)cc1. The number of amides is 1. The van der Waals surface area contributed by atoms with E-state index in [1.165, 1.54) is 35.4 Å². The molecule has 0 aromatic heterocycles. The van der Waals surface area contributed by atoms with Crippen molar-refractivity contribution in [2.24, 2.45) is 0 Å². The fourth-order valence-corrected chi connectivity index (χ4v) is 2.87. The van der Waals surface area contributed by atoms with E-state index >= 15 is 0 Å². The molecule has 22 heavy (non-hydrogen) atoms. The number of hydrogen-bond acceptors (Lipinski definition) is 2. The fourth-order valence-electron chi connectivity index (χ4n) is 2.87. The predicted molar refractivity (Wildman–Crippen MR) is 82.2 cm³/mol. The Kier molecular flexibility index (Phi) is 4.09. The van der Waals surface area contributed by atoms with Gasteiger partial charge in [0.2, 0.25) is 0 Å². The van der Waals surface area contributed by atoms with Crippen LogP contribution in [0.5, 0.6) is 5.75 Å². The van der Waals surface area contributed by atoms with Gasteiger partial charge in [-0.3, -0.25) is 4.79 Å². The molecule has 1 aliphatic rings. The number of hydrogen-bond donors (Lipinski definition) is 0. The summed E-state index contributed by atoms with van der Waals surface area (Å²) in [6.07, 6.45) is 0.864. The van der Waals surface area contributed by atoms with Crippen molar-refractivity contribution >= 4 is 5.91 Å². The minimum Gasteiger partial charge on any atom is -0.484 e. The monoisotopic (exact) mass is 299 g/mol. The normalized spacial score (nSPS) is 17.0. The van der Waals surface area contributed by atoms with Crippen molar-refractivity contribution in [2.45, 2.75) is 19.4 Å². The molecule has 0 saturated carbocycles. The second-order valence-corrected chi connectivity index (χ2v) is 5.45. The lowest BCUT2D eigenvalue weighted by Crippen LogP contribution is -2.41. The van der Waals surface area contributed by atoms with E-state index in [1.807, 2.05) is 24.0 Å². The third-order valence-electron chi connectivity index (χ3n) is 4.09. The van der Waals surface area contributed by atoms with Crippen LogP contribution in [0.25, 0.3) is 0 Å². The zero-order valence-electron chi connectivity index (χ0n) is 12.5. The van der Waals surface area contributed by atoms with E-state index in [1.54, 1.807) is 0 Å². The molecule has 1 heterocycles. The molecule has 0 radical (unpaired) electrons.